The molecule has 1 saturated heterocycles. The Labute approximate surface area is 122 Å². The van der Waals surface area contributed by atoms with Gasteiger partial charge in [-0.3, -0.25) is 0 Å². The van der Waals surface area contributed by atoms with Crippen LogP contribution in [0, 0.1) is 5.92 Å². The maximum atomic E-state index is 11.6. The van der Waals surface area contributed by atoms with E-state index in [2.05, 4.69) is 9.97 Å². The van der Waals surface area contributed by atoms with Gasteiger partial charge in [0.25, 0.3) is 0 Å². The van der Waals surface area contributed by atoms with Crippen molar-refractivity contribution in [2.24, 2.45) is 5.92 Å². The predicted octanol–water partition coefficient (Wildman–Crippen LogP) is 2.11. The zero-order valence-corrected chi connectivity index (χ0v) is 12.1. The molecule has 0 amide bonds. The number of rotatable bonds is 5. The zero-order chi connectivity index (χ0) is 14.4. The van der Waals surface area contributed by atoms with Crippen molar-refractivity contribution in [1.82, 2.24) is 9.97 Å². The number of hydrogen-bond acceptors (Lipinski definition) is 6. The molecule has 1 aromatic heterocycles. The van der Waals surface area contributed by atoms with Crippen molar-refractivity contribution in [3.63, 3.8) is 0 Å². The fraction of sp³-hybridized carbons (Fsp3) is 0.615. The Bertz CT molecular complexity index is 464. The van der Waals surface area contributed by atoms with Gasteiger partial charge in [0, 0.05) is 19.3 Å². The van der Waals surface area contributed by atoms with Crippen molar-refractivity contribution >= 4 is 17.6 Å². The van der Waals surface area contributed by atoms with Crippen molar-refractivity contribution in [1.29, 1.82) is 0 Å². The summed E-state index contributed by atoms with van der Waals surface area (Å²) in [5, 5.41) is -0.0301. The molecule has 1 aliphatic heterocycles. The molecule has 0 N–H and O–H groups in total. The first-order valence-corrected chi connectivity index (χ1v) is 6.99. The highest BCUT2D eigenvalue weighted by Crippen LogP contribution is 2.18. The van der Waals surface area contributed by atoms with E-state index in [1.807, 2.05) is 0 Å². The van der Waals surface area contributed by atoms with Crippen LogP contribution < -0.4 is 4.74 Å². The summed E-state index contributed by atoms with van der Waals surface area (Å²) in [5.74, 6) is 0.191. The Morgan fingerprint density at radius 1 is 1.45 bits per heavy atom. The number of carbonyl (C=O) groups excluding carboxylic acids is 1. The largest absolute Gasteiger partial charge is 0.477 e. The Morgan fingerprint density at radius 2 is 2.20 bits per heavy atom. The van der Waals surface area contributed by atoms with E-state index in [0.29, 0.717) is 18.4 Å². The number of esters is 1. The van der Waals surface area contributed by atoms with Crippen molar-refractivity contribution in [3.8, 4) is 5.88 Å². The molecule has 110 valence electrons. The van der Waals surface area contributed by atoms with Gasteiger partial charge in [0.1, 0.15) is 0 Å². The first-order valence-electron chi connectivity index (χ1n) is 6.61. The molecule has 0 bridgehead atoms. The highest BCUT2D eigenvalue weighted by atomic mass is 35.5. The molecule has 0 aromatic carbocycles. The van der Waals surface area contributed by atoms with Crippen molar-refractivity contribution in [2.75, 3.05) is 26.4 Å². The second kappa shape index (κ2) is 7.40. The van der Waals surface area contributed by atoms with E-state index in [1.165, 1.54) is 6.07 Å². The fourth-order valence-corrected chi connectivity index (χ4v) is 2.07. The SMILES string of the molecule is CCOC(=O)c1cc(OCC2CCOCC2)nc(Cl)n1. The van der Waals surface area contributed by atoms with Gasteiger partial charge in [0.2, 0.25) is 11.2 Å². The molecule has 20 heavy (non-hydrogen) atoms. The van der Waals surface area contributed by atoms with Gasteiger partial charge in [-0.25, -0.2) is 9.78 Å². The van der Waals surface area contributed by atoms with Crippen molar-refractivity contribution in [3.05, 3.63) is 17.0 Å². The molecule has 1 aromatic rings. The smallest absolute Gasteiger partial charge is 0.357 e. The summed E-state index contributed by atoms with van der Waals surface area (Å²) in [6, 6.07) is 1.45. The van der Waals surface area contributed by atoms with Gasteiger partial charge < -0.3 is 14.2 Å². The van der Waals surface area contributed by atoms with Crippen LogP contribution in [-0.4, -0.2) is 42.4 Å². The van der Waals surface area contributed by atoms with Crippen LogP contribution >= 0.6 is 11.6 Å². The Kier molecular flexibility index (Phi) is 5.55. The quantitative estimate of drug-likeness (QED) is 0.613. The number of carbonyl (C=O) groups is 1. The van der Waals surface area contributed by atoms with Crippen LogP contribution in [0.1, 0.15) is 30.3 Å². The van der Waals surface area contributed by atoms with Crippen molar-refractivity contribution < 1.29 is 19.0 Å². The van der Waals surface area contributed by atoms with Gasteiger partial charge in [-0.15, -0.1) is 0 Å². The lowest BCUT2D eigenvalue weighted by Gasteiger charge is -2.21. The zero-order valence-electron chi connectivity index (χ0n) is 11.3. The molecule has 2 heterocycles. The van der Waals surface area contributed by atoms with Gasteiger partial charge in [0.05, 0.1) is 13.2 Å². The minimum absolute atomic E-state index is 0.0301. The van der Waals surface area contributed by atoms with E-state index >= 15 is 0 Å². The van der Waals surface area contributed by atoms with Gasteiger partial charge in [0.15, 0.2) is 5.69 Å². The molecule has 6 nitrogen and oxygen atoms in total. The van der Waals surface area contributed by atoms with Crippen LogP contribution in [-0.2, 0) is 9.47 Å². The summed E-state index contributed by atoms with van der Waals surface area (Å²) in [6.45, 7) is 4.04. The second-order valence-electron chi connectivity index (χ2n) is 4.45. The summed E-state index contributed by atoms with van der Waals surface area (Å²) < 4.78 is 15.8. The summed E-state index contributed by atoms with van der Waals surface area (Å²) in [5.41, 5.74) is 0.105. The highest BCUT2D eigenvalue weighted by Gasteiger charge is 2.17. The fourth-order valence-electron chi connectivity index (χ4n) is 1.90. The molecule has 2 rings (SSSR count). The number of halogens is 1. The predicted molar refractivity (Wildman–Crippen MR) is 72.0 cm³/mol. The summed E-state index contributed by atoms with van der Waals surface area (Å²) in [7, 11) is 0. The number of aromatic nitrogens is 2. The van der Waals surface area contributed by atoms with E-state index in [9.17, 15) is 4.79 Å². The van der Waals surface area contributed by atoms with Gasteiger partial charge >= 0.3 is 5.97 Å². The Morgan fingerprint density at radius 3 is 2.90 bits per heavy atom. The summed E-state index contributed by atoms with van der Waals surface area (Å²) in [6.07, 6.45) is 1.92. The topological polar surface area (TPSA) is 70.5 Å². The number of ether oxygens (including phenoxy) is 3. The second-order valence-corrected chi connectivity index (χ2v) is 4.79. The molecule has 1 fully saturated rings. The lowest BCUT2D eigenvalue weighted by molar-refractivity contribution is 0.0486. The van der Waals surface area contributed by atoms with Gasteiger partial charge in [-0.1, -0.05) is 0 Å². The molecule has 0 atom stereocenters. The molecule has 0 aliphatic carbocycles. The maximum absolute atomic E-state index is 11.6. The van der Waals surface area contributed by atoms with E-state index in [-0.39, 0.29) is 17.6 Å². The lowest BCUT2D eigenvalue weighted by atomic mass is 10.0. The average Bonchev–Trinajstić information content (AvgIpc) is 2.46. The van der Waals surface area contributed by atoms with Crippen LogP contribution in [0.3, 0.4) is 0 Å². The first-order chi connectivity index (χ1) is 9.69. The van der Waals surface area contributed by atoms with E-state index in [4.69, 9.17) is 25.8 Å². The Balaban J connectivity index is 1.98. The summed E-state index contributed by atoms with van der Waals surface area (Å²) in [4.78, 5) is 19.4. The van der Waals surface area contributed by atoms with Crippen LogP contribution in [0.25, 0.3) is 0 Å². The third kappa shape index (κ3) is 4.31. The highest BCUT2D eigenvalue weighted by molar-refractivity contribution is 6.28. The molecule has 0 radical (unpaired) electrons. The van der Waals surface area contributed by atoms with Crippen LogP contribution in [0.15, 0.2) is 6.07 Å². The molecular formula is C13H17ClN2O4. The summed E-state index contributed by atoms with van der Waals surface area (Å²) >= 11 is 5.79. The normalized spacial score (nSPS) is 15.9. The van der Waals surface area contributed by atoms with Crippen molar-refractivity contribution in [2.45, 2.75) is 19.8 Å². The Hall–Kier alpha value is -1.40. The van der Waals surface area contributed by atoms with E-state index < -0.39 is 5.97 Å². The van der Waals surface area contributed by atoms with Gasteiger partial charge in [-0.2, -0.15) is 4.98 Å². The minimum atomic E-state index is -0.535. The lowest BCUT2D eigenvalue weighted by Crippen LogP contribution is -2.21. The van der Waals surface area contributed by atoms with Crippen LogP contribution in [0.4, 0.5) is 0 Å². The number of hydrogen-bond donors (Lipinski definition) is 0. The number of nitrogens with zero attached hydrogens (tertiary/aromatic N) is 2. The third-order valence-electron chi connectivity index (χ3n) is 2.97. The molecule has 0 saturated carbocycles. The maximum Gasteiger partial charge on any atom is 0.357 e. The standard InChI is InChI=1S/C13H17ClN2O4/c1-2-19-12(17)10-7-11(16-13(14)15-10)20-8-9-3-5-18-6-4-9/h7,9H,2-6,8H2,1H3. The van der Waals surface area contributed by atoms with Crippen LogP contribution in [0.2, 0.25) is 5.28 Å². The molecule has 7 heteroatoms. The van der Waals surface area contributed by atoms with E-state index in [0.717, 1.165) is 26.1 Å². The van der Waals surface area contributed by atoms with Crippen LogP contribution in [0.5, 0.6) is 5.88 Å². The molecular weight excluding hydrogens is 284 g/mol. The molecule has 0 spiro atoms. The molecule has 0 unspecified atom stereocenters. The minimum Gasteiger partial charge on any atom is -0.477 e. The third-order valence-corrected chi connectivity index (χ3v) is 3.14. The first kappa shape index (κ1) is 15.0. The van der Waals surface area contributed by atoms with E-state index in [1.54, 1.807) is 6.92 Å². The monoisotopic (exact) mass is 300 g/mol. The molecule has 1 aliphatic rings. The average molecular weight is 301 g/mol. The van der Waals surface area contributed by atoms with Gasteiger partial charge in [-0.05, 0) is 37.3 Å².